The van der Waals surface area contributed by atoms with Crippen LogP contribution in [0.4, 0.5) is 26.3 Å². The number of halogens is 7. The molecule has 0 aromatic heterocycles. The molecular weight excluding hydrogens is 602 g/mol. The Bertz CT molecular complexity index is 1320. The smallest absolute Gasteiger partial charge is 0.475 e. The molecule has 15 heteroatoms. The molecule has 1 aliphatic heterocycles. The largest absolute Gasteiger partial charge is 0.490 e. The lowest BCUT2D eigenvalue weighted by Crippen LogP contribution is -2.48. The van der Waals surface area contributed by atoms with Crippen LogP contribution in [0.5, 0.6) is 0 Å². The van der Waals surface area contributed by atoms with Crippen LogP contribution in [-0.4, -0.2) is 54.3 Å². The number of hydrogen-bond donors (Lipinski definition) is 2. The Hall–Kier alpha value is -2.84. The molecule has 0 unspecified atom stereocenters. The van der Waals surface area contributed by atoms with Gasteiger partial charge in [-0.3, -0.25) is 4.79 Å². The number of carbonyl (C=O) groups excluding carboxylic acids is 1. The molecular formula is C26H29ClF6N2O5S. The maximum Gasteiger partial charge on any atom is 0.490 e. The van der Waals surface area contributed by atoms with Gasteiger partial charge in [-0.1, -0.05) is 29.8 Å². The number of nitrogens with zero attached hydrogens (tertiary/aromatic N) is 1. The minimum absolute atomic E-state index is 0.109. The highest BCUT2D eigenvalue weighted by molar-refractivity contribution is 7.92. The average molecular weight is 631 g/mol. The molecule has 1 fully saturated rings. The second-order valence-corrected chi connectivity index (χ2v) is 12.9. The molecule has 41 heavy (non-hydrogen) atoms. The molecule has 0 radical (unpaired) electrons. The van der Waals surface area contributed by atoms with Crippen LogP contribution < -0.4 is 5.73 Å². The predicted octanol–water partition coefficient (Wildman–Crippen LogP) is 5.87. The van der Waals surface area contributed by atoms with E-state index < -0.39 is 44.5 Å². The van der Waals surface area contributed by atoms with Gasteiger partial charge < -0.3 is 15.7 Å². The van der Waals surface area contributed by atoms with Crippen LogP contribution in [0.2, 0.25) is 5.02 Å². The summed E-state index contributed by atoms with van der Waals surface area (Å²) < 4.78 is 96.3. The van der Waals surface area contributed by atoms with Gasteiger partial charge in [-0.15, -0.1) is 0 Å². The van der Waals surface area contributed by atoms with Crippen molar-refractivity contribution in [1.29, 1.82) is 0 Å². The van der Waals surface area contributed by atoms with E-state index in [1.807, 2.05) is 0 Å². The summed E-state index contributed by atoms with van der Waals surface area (Å²) in [6, 6.07) is 10.3. The number of benzene rings is 2. The summed E-state index contributed by atoms with van der Waals surface area (Å²) in [5.74, 6) is -3.20. The van der Waals surface area contributed by atoms with Crippen LogP contribution in [0, 0.1) is 5.92 Å². The first kappa shape index (κ1) is 34.4. The number of rotatable bonds is 6. The fraction of sp³-hybridized carbons (Fsp3) is 0.462. The van der Waals surface area contributed by atoms with Gasteiger partial charge in [0.25, 0.3) is 0 Å². The molecule has 0 bridgehead atoms. The Morgan fingerprint density at radius 3 is 2.00 bits per heavy atom. The maximum absolute atomic E-state index is 13.3. The number of aliphatic carboxylic acids is 1. The first-order valence-electron chi connectivity index (χ1n) is 12.2. The number of nitrogens with two attached hydrogens (primary N) is 1. The predicted molar refractivity (Wildman–Crippen MR) is 139 cm³/mol. The molecule has 1 aliphatic rings. The van der Waals surface area contributed by atoms with Gasteiger partial charge in [-0.05, 0) is 68.5 Å². The molecule has 0 aliphatic carbocycles. The van der Waals surface area contributed by atoms with Crippen molar-refractivity contribution in [2.24, 2.45) is 11.7 Å². The van der Waals surface area contributed by atoms with E-state index in [-0.39, 0.29) is 23.1 Å². The molecule has 1 saturated heterocycles. The second kappa shape index (κ2) is 13.0. The molecule has 2 aromatic rings. The van der Waals surface area contributed by atoms with Gasteiger partial charge in [0.2, 0.25) is 5.91 Å². The van der Waals surface area contributed by atoms with Gasteiger partial charge >= 0.3 is 18.3 Å². The molecule has 3 rings (SSSR count). The Morgan fingerprint density at radius 1 is 1.02 bits per heavy atom. The van der Waals surface area contributed by atoms with E-state index in [1.165, 1.54) is 6.07 Å². The lowest BCUT2D eigenvalue weighted by molar-refractivity contribution is -0.192. The topological polar surface area (TPSA) is 118 Å². The zero-order valence-electron chi connectivity index (χ0n) is 22.0. The summed E-state index contributed by atoms with van der Waals surface area (Å²) >= 11 is 5.88. The Balaban J connectivity index is 0.000000745. The number of sulfone groups is 1. The minimum Gasteiger partial charge on any atom is -0.475 e. The maximum atomic E-state index is 13.3. The number of carbonyl (C=O) groups is 2. The van der Waals surface area contributed by atoms with E-state index in [0.717, 1.165) is 17.7 Å². The fourth-order valence-electron chi connectivity index (χ4n) is 4.33. The lowest BCUT2D eigenvalue weighted by atomic mass is 9.85. The highest BCUT2D eigenvalue weighted by Crippen LogP contribution is 2.39. The van der Waals surface area contributed by atoms with Crippen LogP contribution >= 0.6 is 11.6 Å². The molecule has 2 aromatic carbocycles. The Kier molecular flexibility index (Phi) is 10.9. The van der Waals surface area contributed by atoms with E-state index in [2.05, 4.69) is 0 Å². The van der Waals surface area contributed by atoms with Gasteiger partial charge in [0.05, 0.1) is 15.2 Å². The van der Waals surface area contributed by atoms with Crippen molar-refractivity contribution in [3.8, 4) is 0 Å². The van der Waals surface area contributed by atoms with E-state index in [1.54, 1.807) is 43.0 Å². The molecule has 0 saturated carbocycles. The van der Waals surface area contributed by atoms with Gasteiger partial charge in [-0.2, -0.15) is 26.3 Å². The first-order valence-corrected chi connectivity index (χ1v) is 14.0. The van der Waals surface area contributed by atoms with E-state index in [0.29, 0.717) is 37.0 Å². The molecule has 228 valence electrons. The standard InChI is InChI=1S/C24H28ClF3N2O3S.C2HF3O2/c1-23(2,34(32,33)20-5-3-4-18(14-20)24(26,27)28)17-10-12-30(13-11-17)22(31)15-21(29)16-6-8-19(25)9-7-16;3-2(4,5)1(6)7/h3-9,14,17,21H,10-13,15,29H2,1-2H3;(H,6,7)/t21-;/m0./s1. The Morgan fingerprint density at radius 2 is 1.54 bits per heavy atom. The number of carboxylic acids is 1. The Labute approximate surface area is 238 Å². The number of likely N-dealkylation sites (tertiary alicyclic amines) is 1. The number of piperidine rings is 1. The number of hydrogen-bond acceptors (Lipinski definition) is 5. The third-order valence-electron chi connectivity index (χ3n) is 6.93. The van der Waals surface area contributed by atoms with Crippen molar-refractivity contribution < 1.29 is 49.5 Å². The van der Waals surface area contributed by atoms with Gasteiger partial charge in [-0.25, -0.2) is 13.2 Å². The third kappa shape index (κ3) is 8.82. The summed E-state index contributed by atoms with van der Waals surface area (Å²) in [5, 5.41) is 7.70. The summed E-state index contributed by atoms with van der Waals surface area (Å²) in [6.07, 6.45) is -8.76. The highest BCUT2D eigenvalue weighted by atomic mass is 35.5. The van der Waals surface area contributed by atoms with Crippen molar-refractivity contribution in [3.63, 3.8) is 0 Å². The van der Waals surface area contributed by atoms with Crippen molar-refractivity contribution in [2.45, 2.75) is 61.1 Å². The quantitative estimate of drug-likeness (QED) is 0.386. The number of alkyl halides is 6. The zero-order valence-corrected chi connectivity index (χ0v) is 23.5. The lowest BCUT2D eigenvalue weighted by Gasteiger charge is -2.40. The summed E-state index contributed by atoms with van der Waals surface area (Å²) in [7, 11) is -4.05. The number of carboxylic acid groups (broad SMARTS) is 1. The minimum atomic E-state index is -5.08. The van der Waals surface area contributed by atoms with Crippen molar-refractivity contribution in [2.75, 3.05) is 13.1 Å². The number of amides is 1. The van der Waals surface area contributed by atoms with Crippen molar-refractivity contribution in [1.82, 2.24) is 4.90 Å². The second-order valence-electron chi connectivity index (χ2n) is 9.95. The zero-order chi connectivity index (χ0) is 31.4. The van der Waals surface area contributed by atoms with Crippen LogP contribution in [0.15, 0.2) is 53.4 Å². The third-order valence-corrected chi connectivity index (χ3v) is 9.78. The van der Waals surface area contributed by atoms with Crippen LogP contribution in [0.1, 0.15) is 50.3 Å². The van der Waals surface area contributed by atoms with E-state index >= 15 is 0 Å². The molecule has 3 N–H and O–H groups in total. The summed E-state index contributed by atoms with van der Waals surface area (Å²) in [6.45, 7) is 3.80. The normalized spacial score (nSPS) is 16.0. The first-order chi connectivity index (χ1) is 18.7. The van der Waals surface area contributed by atoms with Crippen molar-refractivity contribution in [3.05, 3.63) is 64.7 Å². The highest BCUT2D eigenvalue weighted by Gasteiger charge is 2.45. The van der Waals surface area contributed by atoms with Crippen molar-refractivity contribution >= 4 is 33.3 Å². The molecule has 0 spiro atoms. The van der Waals surface area contributed by atoms with E-state index in [4.69, 9.17) is 27.2 Å². The average Bonchev–Trinajstić information content (AvgIpc) is 2.88. The SMILES string of the molecule is CC(C)(C1CCN(C(=O)C[C@H](N)c2ccc(Cl)cc2)CC1)S(=O)(=O)c1cccc(C(F)(F)F)c1.O=C(O)C(F)(F)F. The molecule has 1 amide bonds. The summed E-state index contributed by atoms with van der Waals surface area (Å²) in [4.78, 5) is 23.0. The van der Waals surface area contributed by atoms with E-state index in [9.17, 15) is 39.6 Å². The van der Waals surface area contributed by atoms with Gasteiger partial charge in [0, 0.05) is 30.6 Å². The van der Waals surface area contributed by atoms with Gasteiger partial charge in [0.1, 0.15) is 0 Å². The summed E-state index contributed by atoms with van der Waals surface area (Å²) in [5.41, 5.74) is 5.96. The fourth-order valence-corrected chi connectivity index (χ4v) is 6.28. The van der Waals surface area contributed by atoms with Crippen LogP contribution in [0.3, 0.4) is 0 Å². The van der Waals surface area contributed by atoms with Gasteiger partial charge in [0.15, 0.2) is 9.84 Å². The monoisotopic (exact) mass is 630 g/mol. The van der Waals surface area contributed by atoms with Crippen LogP contribution in [-0.2, 0) is 25.6 Å². The molecule has 1 atom stereocenters. The molecule has 1 heterocycles. The van der Waals surface area contributed by atoms with Crippen LogP contribution in [0.25, 0.3) is 0 Å². The molecule has 7 nitrogen and oxygen atoms in total.